The third-order valence-corrected chi connectivity index (χ3v) is 6.69. The molecule has 0 aliphatic carbocycles. The zero-order valence-corrected chi connectivity index (χ0v) is 20.7. The average Bonchev–Trinajstić information content (AvgIpc) is 3.45. The first kappa shape index (κ1) is 23.2. The average molecular weight is 542 g/mol. The number of amides is 1. The van der Waals surface area contributed by atoms with Crippen molar-refractivity contribution in [3.63, 3.8) is 0 Å². The van der Waals surface area contributed by atoms with Crippen molar-refractivity contribution < 1.29 is 9.53 Å². The van der Waals surface area contributed by atoms with E-state index in [9.17, 15) is 4.79 Å². The molecule has 0 aliphatic heterocycles. The summed E-state index contributed by atoms with van der Waals surface area (Å²) in [5.74, 6) is 1.42. The number of anilines is 1. The fourth-order valence-corrected chi connectivity index (χ4v) is 4.65. The van der Waals surface area contributed by atoms with E-state index in [-0.39, 0.29) is 18.3 Å². The number of allylic oxidation sites excluding steroid dienone is 1. The topological polar surface area (TPSA) is 81.9 Å². The van der Waals surface area contributed by atoms with Gasteiger partial charge in [0.25, 0.3) is 0 Å². The second-order valence-corrected chi connectivity index (χ2v) is 9.50. The van der Waals surface area contributed by atoms with Crippen molar-refractivity contribution in [3.05, 3.63) is 82.9 Å². The number of halogens is 1. The monoisotopic (exact) mass is 541 g/mol. The minimum absolute atomic E-state index is 0.158. The molecule has 2 aromatic heterocycles. The molecule has 1 amide bonds. The molecule has 0 aliphatic rings. The van der Waals surface area contributed by atoms with Crippen LogP contribution in [0, 0.1) is 0 Å². The van der Waals surface area contributed by atoms with Crippen molar-refractivity contribution in [2.75, 3.05) is 11.1 Å². The number of thiazole rings is 1. The summed E-state index contributed by atoms with van der Waals surface area (Å²) in [6, 6.07) is 17.4. The Morgan fingerprint density at radius 2 is 1.97 bits per heavy atom. The first-order chi connectivity index (χ1) is 16.1. The summed E-state index contributed by atoms with van der Waals surface area (Å²) < 4.78 is 8.69. The van der Waals surface area contributed by atoms with Crippen LogP contribution in [0.2, 0.25) is 0 Å². The van der Waals surface area contributed by atoms with E-state index in [0.717, 1.165) is 21.5 Å². The Balaban J connectivity index is 1.34. The van der Waals surface area contributed by atoms with Gasteiger partial charge in [0.1, 0.15) is 12.4 Å². The lowest BCUT2D eigenvalue weighted by Crippen LogP contribution is -2.15. The number of carbonyl (C=O) groups excluding carboxylic acids is 1. The molecular weight excluding hydrogens is 522 g/mol. The molecule has 2 heterocycles. The third kappa shape index (κ3) is 6.31. The molecule has 1 N–H and O–H groups in total. The van der Waals surface area contributed by atoms with Gasteiger partial charge in [0, 0.05) is 22.0 Å². The SMILES string of the molecule is C=CCn1c(COc2ccc(Br)cc2)nnc1SCC(=O)Nc1nc(-c2ccccc2)cs1. The summed E-state index contributed by atoms with van der Waals surface area (Å²) in [4.78, 5) is 17.0. The number of rotatable bonds is 10. The second kappa shape index (κ2) is 11.3. The van der Waals surface area contributed by atoms with Gasteiger partial charge in [-0.25, -0.2) is 4.98 Å². The molecule has 0 spiro atoms. The molecule has 33 heavy (non-hydrogen) atoms. The van der Waals surface area contributed by atoms with Gasteiger partial charge in [-0.05, 0) is 24.3 Å². The minimum Gasteiger partial charge on any atom is -0.486 e. The third-order valence-electron chi connectivity index (χ3n) is 4.44. The number of ether oxygens (including phenoxy) is 1. The van der Waals surface area contributed by atoms with Crippen molar-refractivity contribution in [1.29, 1.82) is 0 Å². The highest BCUT2D eigenvalue weighted by Gasteiger charge is 2.15. The van der Waals surface area contributed by atoms with E-state index in [2.05, 4.69) is 43.0 Å². The summed E-state index contributed by atoms with van der Waals surface area (Å²) >= 11 is 6.11. The predicted molar refractivity (Wildman–Crippen MR) is 136 cm³/mol. The number of nitrogens with zero attached hydrogens (tertiary/aromatic N) is 4. The highest BCUT2D eigenvalue weighted by Crippen LogP contribution is 2.25. The van der Waals surface area contributed by atoms with Gasteiger partial charge in [-0.15, -0.1) is 28.1 Å². The van der Waals surface area contributed by atoms with Gasteiger partial charge < -0.3 is 10.1 Å². The first-order valence-electron chi connectivity index (χ1n) is 9.97. The van der Waals surface area contributed by atoms with Gasteiger partial charge >= 0.3 is 0 Å². The molecule has 4 rings (SSSR count). The Morgan fingerprint density at radius 1 is 1.18 bits per heavy atom. The van der Waals surface area contributed by atoms with Crippen molar-refractivity contribution in [1.82, 2.24) is 19.7 Å². The Kier molecular flexibility index (Phi) is 7.92. The highest BCUT2D eigenvalue weighted by atomic mass is 79.9. The maximum Gasteiger partial charge on any atom is 0.236 e. The molecule has 0 saturated heterocycles. The quantitative estimate of drug-likeness (QED) is 0.206. The van der Waals surface area contributed by atoms with Gasteiger partial charge in [0.2, 0.25) is 5.91 Å². The smallest absolute Gasteiger partial charge is 0.236 e. The van der Waals surface area contributed by atoms with Crippen molar-refractivity contribution in [2.45, 2.75) is 18.3 Å². The lowest BCUT2D eigenvalue weighted by atomic mass is 10.2. The second-order valence-electron chi connectivity index (χ2n) is 6.78. The van der Waals surface area contributed by atoms with E-state index in [1.807, 2.05) is 64.5 Å². The first-order valence-corrected chi connectivity index (χ1v) is 12.6. The molecule has 0 radical (unpaired) electrons. The standard InChI is InChI=1S/C23H20BrN5O2S2/c1-2-12-29-20(13-31-18-10-8-17(24)9-11-18)27-28-23(29)33-15-21(30)26-22-25-19(14-32-22)16-6-4-3-5-7-16/h2-11,14H,1,12-13,15H2,(H,25,26,30). The number of carbonyl (C=O) groups is 1. The number of benzene rings is 2. The Labute approximate surface area is 208 Å². The van der Waals surface area contributed by atoms with Crippen LogP contribution in [-0.4, -0.2) is 31.4 Å². The van der Waals surface area contributed by atoms with E-state index < -0.39 is 0 Å². The molecule has 4 aromatic rings. The number of hydrogen-bond acceptors (Lipinski definition) is 7. The van der Waals surface area contributed by atoms with E-state index in [0.29, 0.717) is 22.7 Å². The molecule has 168 valence electrons. The van der Waals surface area contributed by atoms with Crippen LogP contribution in [0.5, 0.6) is 5.75 Å². The Morgan fingerprint density at radius 3 is 2.73 bits per heavy atom. The summed E-state index contributed by atoms with van der Waals surface area (Å²) in [6.07, 6.45) is 1.76. The Hall–Kier alpha value is -2.95. The van der Waals surface area contributed by atoms with Crippen molar-refractivity contribution >= 4 is 50.1 Å². The van der Waals surface area contributed by atoms with Gasteiger partial charge in [0.15, 0.2) is 16.1 Å². The normalized spacial score (nSPS) is 10.7. The fourth-order valence-electron chi connectivity index (χ4n) is 2.88. The predicted octanol–water partition coefficient (Wildman–Crippen LogP) is 5.66. The van der Waals surface area contributed by atoms with Crippen LogP contribution in [0.4, 0.5) is 5.13 Å². The van der Waals surface area contributed by atoms with Crippen LogP contribution in [0.15, 0.2) is 82.3 Å². The number of nitrogens with one attached hydrogen (secondary N) is 1. The van der Waals surface area contributed by atoms with E-state index in [1.54, 1.807) is 6.08 Å². The zero-order valence-electron chi connectivity index (χ0n) is 17.5. The lowest BCUT2D eigenvalue weighted by molar-refractivity contribution is -0.113. The molecule has 2 aromatic carbocycles. The molecule has 7 nitrogen and oxygen atoms in total. The molecule has 10 heteroatoms. The zero-order chi connectivity index (χ0) is 23.0. The fraction of sp³-hybridized carbons (Fsp3) is 0.130. The van der Waals surface area contributed by atoms with Crippen LogP contribution < -0.4 is 10.1 Å². The molecule has 0 atom stereocenters. The van der Waals surface area contributed by atoms with E-state index in [1.165, 1.54) is 23.1 Å². The minimum atomic E-state index is -0.158. The Bertz CT molecular complexity index is 1230. The summed E-state index contributed by atoms with van der Waals surface area (Å²) in [6.45, 7) is 4.58. The van der Waals surface area contributed by atoms with Gasteiger partial charge in [-0.1, -0.05) is 64.1 Å². The summed E-state index contributed by atoms with van der Waals surface area (Å²) in [5.41, 5.74) is 1.85. The number of thioether (sulfide) groups is 1. The molecule has 0 unspecified atom stereocenters. The summed E-state index contributed by atoms with van der Waals surface area (Å²) in [7, 11) is 0. The van der Waals surface area contributed by atoms with Crippen LogP contribution in [0.3, 0.4) is 0 Å². The lowest BCUT2D eigenvalue weighted by Gasteiger charge is -2.09. The van der Waals surface area contributed by atoms with Crippen LogP contribution in [0.25, 0.3) is 11.3 Å². The maximum absolute atomic E-state index is 12.5. The summed E-state index contributed by atoms with van der Waals surface area (Å²) in [5, 5.41) is 14.4. The van der Waals surface area contributed by atoms with Gasteiger partial charge in [-0.3, -0.25) is 9.36 Å². The van der Waals surface area contributed by atoms with Crippen LogP contribution in [-0.2, 0) is 17.9 Å². The van der Waals surface area contributed by atoms with Crippen LogP contribution in [0.1, 0.15) is 5.82 Å². The maximum atomic E-state index is 12.5. The molecule has 0 bridgehead atoms. The van der Waals surface area contributed by atoms with Crippen molar-refractivity contribution in [3.8, 4) is 17.0 Å². The molecule has 0 saturated carbocycles. The van der Waals surface area contributed by atoms with E-state index in [4.69, 9.17) is 4.74 Å². The molecular formula is C23H20BrN5O2S2. The largest absolute Gasteiger partial charge is 0.486 e. The van der Waals surface area contributed by atoms with Gasteiger partial charge in [0.05, 0.1) is 11.4 Å². The van der Waals surface area contributed by atoms with Gasteiger partial charge in [-0.2, -0.15) is 0 Å². The number of hydrogen-bond donors (Lipinski definition) is 1. The number of aromatic nitrogens is 4. The highest BCUT2D eigenvalue weighted by molar-refractivity contribution is 9.10. The van der Waals surface area contributed by atoms with Crippen LogP contribution >= 0.6 is 39.0 Å². The van der Waals surface area contributed by atoms with E-state index >= 15 is 0 Å². The molecule has 0 fully saturated rings. The van der Waals surface area contributed by atoms with Crippen molar-refractivity contribution in [2.24, 2.45) is 0 Å².